The molecule has 0 aromatic heterocycles. The molecule has 6 nitrogen and oxygen atoms in total. The first-order valence-corrected chi connectivity index (χ1v) is 10.1. The normalized spacial score (nSPS) is 10.8. The lowest BCUT2D eigenvalue weighted by molar-refractivity contribution is -0.137. The van der Waals surface area contributed by atoms with Crippen LogP contribution < -0.4 is 21.3 Å². The second-order valence-electron chi connectivity index (χ2n) is 7.33. The minimum absolute atomic E-state index is 0.105. The van der Waals surface area contributed by atoms with Gasteiger partial charge in [0.1, 0.15) is 17.4 Å². The van der Waals surface area contributed by atoms with Crippen LogP contribution in [-0.2, 0) is 12.7 Å². The number of hydrogen-bond acceptors (Lipinski definition) is 5. The molecule has 9 heteroatoms. The lowest BCUT2D eigenvalue weighted by Crippen LogP contribution is -2.23. The van der Waals surface area contributed by atoms with Gasteiger partial charge in [-0.25, -0.2) is 0 Å². The maximum absolute atomic E-state index is 12.6. The molecule has 176 valence electrons. The lowest BCUT2D eigenvalue weighted by atomic mass is 10.1. The number of alkyl halides is 3. The molecule has 0 saturated heterocycles. The first-order chi connectivity index (χ1) is 16.1. The van der Waals surface area contributed by atoms with E-state index in [-0.39, 0.29) is 18.2 Å². The van der Waals surface area contributed by atoms with Crippen molar-refractivity contribution in [1.29, 1.82) is 0 Å². The molecule has 0 bridgehead atoms. The molecule has 0 atom stereocenters. The van der Waals surface area contributed by atoms with Crippen LogP contribution in [0.4, 0.5) is 24.5 Å². The lowest BCUT2D eigenvalue weighted by Gasteiger charge is -2.16. The SMILES string of the molecule is C=C(NC(=C)Nc1ccc(C(=O)NCc2ccc(C(F)(F)F)cc2)cc1)Nc1ccc(O)cc1. The quantitative estimate of drug-likeness (QED) is 0.272. The van der Waals surface area contributed by atoms with Crippen LogP contribution in [0.3, 0.4) is 0 Å². The summed E-state index contributed by atoms with van der Waals surface area (Å²) < 4.78 is 37.9. The van der Waals surface area contributed by atoms with E-state index < -0.39 is 11.7 Å². The van der Waals surface area contributed by atoms with Crippen molar-refractivity contribution in [3.05, 3.63) is 114 Å². The summed E-state index contributed by atoms with van der Waals surface area (Å²) in [5.74, 6) is 0.708. The number of halogens is 3. The monoisotopic (exact) mass is 468 g/mol. The molecule has 0 aliphatic carbocycles. The van der Waals surface area contributed by atoms with Crippen LogP contribution in [-0.4, -0.2) is 11.0 Å². The number of anilines is 2. The third kappa shape index (κ3) is 7.06. The molecular formula is C25H23F3N4O2. The van der Waals surface area contributed by atoms with Gasteiger partial charge in [-0.2, -0.15) is 13.2 Å². The molecule has 0 aliphatic rings. The zero-order valence-electron chi connectivity index (χ0n) is 18.0. The van der Waals surface area contributed by atoms with Gasteiger partial charge in [-0.1, -0.05) is 25.3 Å². The van der Waals surface area contributed by atoms with E-state index in [0.29, 0.717) is 28.5 Å². The molecule has 0 heterocycles. The van der Waals surface area contributed by atoms with E-state index in [1.54, 1.807) is 48.5 Å². The minimum atomic E-state index is -4.39. The van der Waals surface area contributed by atoms with Crippen molar-refractivity contribution < 1.29 is 23.1 Å². The Balaban J connectivity index is 1.47. The molecule has 0 unspecified atom stereocenters. The highest BCUT2D eigenvalue weighted by Crippen LogP contribution is 2.29. The van der Waals surface area contributed by atoms with E-state index in [1.807, 2.05) is 0 Å². The van der Waals surface area contributed by atoms with Crippen LogP contribution in [0, 0.1) is 0 Å². The van der Waals surface area contributed by atoms with Crippen molar-refractivity contribution in [2.75, 3.05) is 10.6 Å². The Kier molecular flexibility index (Phi) is 7.47. The van der Waals surface area contributed by atoms with Crippen molar-refractivity contribution in [2.45, 2.75) is 12.7 Å². The highest BCUT2D eigenvalue weighted by molar-refractivity contribution is 5.94. The molecule has 34 heavy (non-hydrogen) atoms. The summed E-state index contributed by atoms with van der Waals surface area (Å²) in [7, 11) is 0. The molecule has 5 N–H and O–H groups in total. The molecule has 3 rings (SSSR count). The number of aromatic hydroxyl groups is 1. The Labute approximate surface area is 194 Å². The number of carbonyl (C=O) groups is 1. The van der Waals surface area contributed by atoms with Crippen molar-refractivity contribution in [3.63, 3.8) is 0 Å². The van der Waals surface area contributed by atoms with Gasteiger partial charge in [-0.05, 0) is 66.2 Å². The molecule has 0 saturated carbocycles. The molecule has 1 amide bonds. The van der Waals surface area contributed by atoms with Crippen molar-refractivity contribution >= 4 is 17.3 Å². The van der Waals surface area contributed by atoms with E-state index >= 15 is 0 Å². The molecule has 0 radical (unpaired) electrons. The Morgan fingerprint density at radius 1 is 0.794 bits per heavy atom. The fourth-order valence-corrected chi connectivity index (χ4v) is 2.94. The maximum atomic E-state index is 12.6. The first kappa shape index (κ1) is 24.2. The average molecular weight is 468 g/mol. The van der Waals surface area contributed by atoms with Gasteiger partial charge in [0.05, 0.1) is 5.56 Å². The summed E-state index contributed by atoms with van der Waals surface area (Å²) >= 11 is 0. The van der Waals surface area contributed by atoms with E-state index in [1.165, 1.54) is 12.1 Å². The molecule has 0 spiro atoms. The standard InChI is InChI=1S/C25H23F3N4O2/c1-16(30-17(2)32-22-11-13-23(33)14-12-22)31-21-9-5-19(6-10-21)24(34)29-15-18-3-7-20(8-4-18)25(26,27)28/h3-14,30-33H,1-2,15H2,(H,29,34). The zero-order valence-corrected chi connectivity index (χ0v) is 18.0. The smallest absolute Gasteiger partial charge is 0.416 e. The zero-order chi connectivity index (χ0) is 24.7. The fourth-order valence-electron chi connectivity index (χ4n) is 2.94. The summed E-state index contributed by atoms with van der Waals surface area (Å²) in [4.78, 5) is 12.3. The van der Waals surface area contributed by atoms with Gasteiger partial charge < -0.3 is 26.4 Å². The number of benzene rings is 3. The maximum Gasteiger partial charge on any atom is 0.416 e. The van der Waals surface area contributed by atoms with Gasteiger partial charge in [0.15, 0.2) is 0 Å². The predicted octanol–water partition coefficient (Wildman–Crippen LogP) is 5.40. The molecule has 0 fully saturated rings. The van der Waals surface area contributed by atoms with Gasteiger partial charge in [0, 0.05) is 23.5 Å². The number of nitrogens with one attached hydrogen (secondary N) is 4. The number of phenolic OH excluding ortho intramolecular Hbond substituents is 1. The summed E-state index contributed by atoms with van der Waals surface area (Å²) in [6, 6.07) is 17.7. The number of rotatable bonds is 9. The topological polar surface area (TPSA) is 85.4 Å². The number of phenols is 1. The Morgan fingerprint density at radius 2 is 1.29 bits per heavy atom. The molecule has 0 aliphatic heterocycles. The van der Waals surface area contributed by atoms with Crippen LogP contribution in [0.5, 0.6) is 5.75 Å². The second kappa shape index (κ2) is 10.5. The summed E-state index contributed by atoms with van der Waals surface area (Å²) in [5.41, 5.74) is 1.63. The Bertz CT molecular complexity index is 1160. The predicted molar refractivity (Wildman–Crippen MR) is 126 cm³/mol. The van der Waals surface area contributed by atoms with Gasteiger partial charge in [0.2, 0.25) is 0 Å². The Morgan fingerprint density at radius 3 is 1.79 bits per heavy atom. The van der Waals surface area contributed by atoms with Crippen molar-refractivity contribution in [2.24, 2.45) is 0 Å². The number of carbonyl (C=O) groups excluding carboxylic acids is 1. The number of amides is 1. The van der Waals surface area contributed by atoms with Crippen LogP contribution in [0.1, 0.15) is 21.5 Å². The highest BCUT2D eigenvalue weighted by atomic mass is 19.4. The highest BCUT2D eigenvalue weighted by Gasteiger charge is 2.29. The van der Waals surface area contributed by atoms with Crippen LogP contribution in [0.2, 0.25) is 0 Å². The average Bonchev–Trinajstić information content (AvgIpc) is 2.79. The van der Waals surface area contributed by atoms with Gasteiger partial charge in [0.25, 0.3) is 5.91 Å². The third-order valence-electron chi connectivity index (χ3n) is 4.64. The van der Waals surface area contributed by atoms with E-state index in [9.17, 15) is 23.1 Å². The molecular weight excluding hydrogens is 445 g/mol. The van der Waals surface area contributed by atoms with Crippen molar-refractivity contribution in [3.8, 4) is 5.75 Å². The summed E-state index contributed by atoms with van der Waals surface area (Å²) in [5, 5.41) is 21.0. The molecule has 3 aromatic carbocycles. The second-order valence-corrected chi connectivity index (χ2v) is 7.33. The minimum Gasteiger partial charge on any atom is -0.508 e. The van der Waals surface area contributed by atoms with E-state index in [0.717, 1.165) is 17.8 Å². The van der Waals surface area contributed by atoms with E-state index in [4.69, 9.17) is 0 Å². The molecule has 3 aromatic rings. The largest absolute Gasteiger partial charge is 0.508 e. The van der Waals surface area contributed by atoms with Gasteiger partial charge in [-0.15, -0.1) is 0 Å². The summed E-state index contributed by atoms with van der Waals surface area (Å²) in [6.45, 7) is 7.84. The van der Waals surface area contributed by atoms with Gasteiger partial charge in [-0.3, -0.25) is 4.79 Å². The Hall–Kier alpha value is -4.40. The first-order valence-electron chi connectivity index (χ1n) is 10.1. The van der Waals surface area contributed by atoms with Gasteiger partial charge >= 0.3 is 6.18 Å². The number of hydrogen-bond donors (Lipinski definition) is 5. The van der Waals surface area contributed by atoms with Crippen LogP contribution in [0.25, 0.3) is 0 Å². The third-order valence-corrected chi connectivity index (χ3v) is 4.64. The fraction of sp³-hybridized carbons (Fsp3) is 0.0800. The summed E-state index contributed by atoms with van der Waals surface area (Å²) in [6.07, 6.45) is -4.39. The van der Waals surface area contributed by atoms with Crippen LogP contribution >= 0.6 is 0 Å². The van der Waals surface area contributed by atoms with E-state index in [2.05, 4.69) is 34.4 Å². The van der Waals surface area contributed by atoms with Crippen LogP contribution in [0.15, 0.2) is 97.6 Å². The van der Waals surface area contributed by atoms with Crippen molar-refractivity contribution in [1.82, 2.24) is 10.6 Å².